The number of hydrogen-bond acceptors (Lipinski definition) is 4. The van der Waals surface area contributed by atoms with Crippen LogP contribution in [0.25, 0.3) is 5.69 Å². The van der Waals surface area contributed by atoms with Crippen LogP contribution in [0.5, 0.6) is 0 Å². The number of anilines is 1. The molecule has 30 heavy (non-hydrogen) atoms. The average Bonchev–Trinajstić information content (AvgIpc) is 3.32. The van der Waals surface area contributed by atoms with Crippen molar-refractivity contribution in [3.05, 3.63) is 90.0 Å². The van der Waals surface area contributed by atoms with Gasteiger partial charge in [-0.2, -0.15) is 5.10 Å². The molecule has 0 unspecified atom stereocenters. The number of aryl methyl sites for hydroxylation is 1. The lowest BCUT2D eigenvalue weighted by Gasteiger charge is -2.09. The smallest absolute Gasteiger partial charge is 0.234 e. The number of nitrogens with zero attached hydrogens (tertiary/aromatic N) is 4. The molecule has 152 valence electrons. The summed E-state index contributed by atoms with van der Waals surface area (Å²) in [5.41, 5.74) is 4.62. The van der Waals surface area contributed by atoms with E-state index in [-0.39, 0.29) is 11.7 Å². The van der Waals surface area contributed by atoms with E-state index in [1.165, 1.54) is 17.3 Å². The molecule has 0 fully saturated rings. The van der Waals surface area contributed by atoms with Gasteiger partial charge >= 0.3 is 0 Å². The SMILES string of the molecule is Cc1nn(-c2ccccc2)c(C)c1NC(=O)CSc1nccn1Cc1ccccc1. The highest BCUT2D eigenvalue weighted by Gasteiger charge is 2.16. The van der Waals surface area contributed by atoms with Crippen molar-refractivity contribution in [2.24, 2.45) is 0 Å². The third-order valence-electron chi connectivity index (χ3n) is 4.76. The summed E-state index contributed by atoms with van der Waals surface area (Å²) in [5, 5.41) is 8.42. The summed E-state index contributed by atoms with van der Waals surface area (Å²) < 4.78 is 3.90. The quantitative estimate of drug-likeness (QED) is 0.451. The molecule has 0 bridgehead atoms. The Kier molecular flexibility index (Phi) is 5.99. The van der Waals surface area contributed by atoms with Gasteiger partial charge in [0.1, 0.15) is 0 Å². The molecule has 2 heterocycles. The number of imidazole rings is 1. The Morgan fingerprint density at radius 2 is 1.73 bits per heavy atom. The molecule has 1 N–H and O–H groups in total. The van der Waals surface area contributed by atoms with Gasteiger partial charge in [0.2, 0.25) is 5.91 Å². The van der Waals surface area contributed by atoms with Crippen molar-refractivity contribution in [3.63, 3.8) is 0 Å². The predicted molar refractivity (Wildman–Crippen MR) is 120 cm³/mol. The Labute approximate surface area is 180 Å². The van der Waals surface area contributed by atoms with E-state index in [0.717, 1.165) is 34.5 Å². The van der Waals surface area contributed by atoms with Crippen LogP contribution in [0.3, 0.4) is 0 Å². The number of rotatable bonds is 7. The molecule has 0 spiro atoms. The number of aromatic nitrogens is 4. The Hall–Kier alpha value is -3.32. The minimum atomic E-state index is -0.0759. The summed E-state index contributed by atoms with van der Waals surface area (Å²) in [6.45, 7) is 4.59. The van der Waals surface area contributed by atoms with Gasteiger partial charge in [0.05, 0.1) is 28.5 Å². The van der Waals surface area contributed by atoms with Crippen molar-refractivity contribution in [2.75, 3.05) is 11.1 Å². The van der Waals surface area contributed by atoms with Gasteiger partial charge in [-0.1, -0.05) is 60.3 Å². The zero-order valence-corrected chi connectivity index (χ0v) is 17.8. The van der Waals surface area contributed by atoms with Crippen LogP contribution in [0.4, 0.5) is 5.69 Å². The van der Waals surface area contributed by atoms with Crippen LogP contribution >= 0.6 is 11.8 Å². The molecule has 0 aliphatic rings. The number of nitrogens with one attached hydrogen (secondary N) is 1. The highest BCUT2D eigenvalue weighted by Crippen LogP contribution is 2.24. The van der Waals surface area contributed by atoms with E-state index in [2.05, 4.69) is 32.1 Å². The topological polar surface area (TPSA) is 64.7 Å². The summed E-state index contributed by atoms with van der Waals surface area (Å²) in [6.07, 6.45) is 3.70. The van der Waals surface area contributed by atoms with Gasteiger partial charge in [-0.3, -0.25) is 4.79 Å². The number of amides is 1. The van der Waals surface area contributed by atoms with Crippen molar-refractivity contribution in [1.82, 2.24) is 19.3 Å². The van der Waals surface area contributed by atoms with Gasteiger partial charge in [-0.05, 0) is 31.5 Å². The van der Waals surface area contributed by atoms with Crippen molar-refractivity contribution in [1.29, 1.82) is 0 Å². The highest BCUT2D eigenvalue weighted by atomic mass is 32.2. The van der Waals surface area contributed by atoms with E-state index in [1.807, 2.05) is 73.3 Å². The van der Waals surface area contributed by atoms with Crippen LogP contribution in [0.2, 0.25) is 0 Å². The van der Waals surface area contributed by atoms with Crippen LogP contribution in [0.15, 0.2) is 78.2 Å². The van der Waals surface area contributed by atoms with Crippen molar-refractivity contribution in [2.45, 2.75) is 25.5 Å². The maximum absolute atomic E-state index is 12.6. The Morgan fingerprint density at radius 3 is 2.47 bits per heavy atom. The van der Waals surface area contributed by atoms with Crippen molar-refractivity contribution in [3.8, 4) is 5.69 Å². The van der Waals surface area contributed by atoms with Crippen molar-refractivity contribution < 1.29 is 4.79 Å². The lowest BCUT2D eigenvalue weighted by Crippen LogP contribution is -2.16. The van der Waals surface area contributed by atoms with Crippen LogP contribution < -0.4 is 5.32 Å². The van der Waals surface area contributed by atoms with Gasteiger partial charge in [-0.25, -0.2) is 9.67 Å². The molecule has 1 amide bonds. The molecular formula is C23H23N5OS. The minimum absolute atomic E-state index is 0.0759. The summed E-state index contributed by atoms with van der Waals surface area (Å²) in [6, 6.07) is 20.1. The van der Waals surface area contributed by atoms with Crippen LogP contribution in [0, 0.1) is 13.8 Å². The maximum atomic E-state index is 12.6. The molecule has 2 aromatic carbocycles. The fraction of sp³-hybridized carbons (Fsp3) is 0.174. The summed E-state index contributed by atoms with van der Waals surface area (Å²) in [7, 11) is 0. The van der Waals surface area contributed by atoms with Gasteiger partial charge in [0, 0.05) is 18.9 Å². The first kappa shape index (κ1) is 20.0. The first-order valence-corrected chi connectivity index (χ1v) is 10.7. The van der Waals surface area contributed by atoms with E-state index in [1.54, 1.807) is 6.20 Å². The van der Waals surface area contributed by atoms with E-state index in [0.29, 0.717) is 0 Å². The van der Waals surface area contributed by atoms with E-state index in [4.69, 9.17) is 0 Å². The second kappa shape index (κ2) is 9.00. The number of carbonyl (C=O) groups excluding carboxylic acids is 1. The molecule has 7 heteroatoms. The normalized spacial score (nSPS) is 10.9. The second-order valence-electron chi connectivity index (χ2n) is 6.95. The number of hydrogen-bond donors (Lipinski definition) is 1. The maximum Gasteiger partial charge on any atom is 0.234 e. The van der Waals surface area contributed by atoms with Crippen molar-refractivity contribution >= 4 is 23.4 Å². The first-order chi connectivity index (χ1) is 14.6. The summed E-state index contributed by atoms with van der Waals surface area (Å²) in [5.74, 6) is 0.203. The number of carbonyl (C=O) groups is 1. The molecule has 0 aliphatic carbocycles. The molecule has 0 saturated carbocycles. The molecule has 4 aromatic rings. The average molecular weight is 418 g/mol. The van der Waals surface area contributed by atoms with E-state index in [9.17, 15) is 4.79 Å². The lowest BCUT2D eigenvalue weighted by molar-refractivity contribution is -0.113. The van der Waals surface area contributed by atoms with Crippen LogP contribution in [-0.4, -0.2) is 31.0 Å². The standard InChI is InChI=1S/C23H23N5OS/c1-17-22(18(2)28(26-17)20-11-7-4-8-12-20)25-21(29)16-30-23-24-13-14-27(23)15-19-9-5-3-6-10-19/h3-14H,15-16H2,1-2H3,(H,25,29). The zero-order chi connectivity index (χ0) is 20.9. The highest BCUT2D eigenvalue weighted by molar-refractivity contribution is 7.99. The zero-order valence-electron chi connectivity index (χ0n) is 16.9. The molecule has 0 saturated heterocycles. The molecule has 4 rings (SSSR count). The fourth-order valence-corrected chi connectivity index (χ4v) is 4.04. The first-order valence-electron chi connectivity index (χ1n) is 9.71. The Morgan fingerprint density at radius 1 is 1.03 bits per heavy atom. The minimum Gasteiger partial charge on any atom is -0.322 e. The van der Waals surface area contributed by atoms with Gasteiger partial charge in [0.25, 0.3) is 0 Å². The largest absolute Gasteiger partial charge is 0.322 e. The summed E-state index contributed by atoms with van der Waals surface area (Å²) >= 11 is 1.43. The van der Waals surface area contributed by atoms with E-state index >= 15 is 0 Å². The molecule has 0 atom stereocenters. The molecule has 6 nitrogen and oxygen atoms in total. The number of benzene rings is 2. The summed E-state index contributed by atoms with van der Waals surface area (Å²) in [4.78, 5) is 17.0. The molecule has 0 aliphatic heterocycles. The number of thioether (sulfide) groups is 1. The van der Waals surface area contributed by atoms with Gasteiger partial charge in [-0.15, -0.1) is 0 Å². The monoisotopic (exact) mass is 417 g/mol. The fourth-order valence-electron chi connectivity index (χ4n) is 3.29. The van der Waals surface area contributed by atoms with E-state index < -0.39 is 0 Å². The van der Waals surface area contributed by atoms with Gasteiger partial charge in [0.15, 0.2) is 5.16 Å². The Balaban J connectivity index is 1.41. The van der Waals surface area contributed by atoms with Crippen LogP contribution in [-0.2, 0) is 11.3 Å². The van der Waals surface area contributed by atoms with Crippen LogP contribution in [0.1, 0.15) is 17.0 Å². The molecular weight excluding hydrogens is 394 g/mol. The molecule has 2 aromatic heterocycles. The number of para-hydroxylation sites is 1. The third kappa shape index (κ3) is 4.46. The lowest BCUT2D eigenvalue weighted by atomic mass is 10.2. The third-order valence-corrected chi connectivity index (χ3v) is 5.77. The Bertz CT molecular complexity index is 1140. The predicted octanol–water partition coefficient (Wildman–Crippen LogP) is 4.46. The van der Waals surface area contributed by atoms with Gasteiger partial charge < -0.3 is 9.88 Å². The second-order valence-corrected chi connectivity index (χ2v) is 7.90. The molecule has 0 radical (unpaired) electrons.